The summed E-state index contributed by atoms with van der Waals surface area (Å²) in [5, 5.41) is 3.44. The largest absolute Gasteiger partial charge is 0.490 e. The fraction of sp³-hybridized carbons (Fsp3) is 0.600. The van der Waals surface area contributed by atoms with Gasteiger partial charge in [-0.05, 0) is 45.9 Å². The summed E-state index contributed by atoms with van der Waals surface area (Å²) in [7, 11) is 0. The predicted molar refractivity (Wildman–Crippen MR) is 75.5 cm³/mol. The minimum absolute atomic E-state index is 0.109. The Hall–Kier alpha value is -1.22. The van der Waals surface area contributed by atoms with Crippen molar-refractivity contribution in [3.05, 3.63) is 24.3 Å². The van der Waals surface area contributed by atoms with Crippen LogP contribution in [-0.2, 0) is 0 Å². The summed E-state index contributed by atoms with van der Waals surface area (Å²) < 4.78 is 11.5. The van der Waals surface area contributed by atoms with Gasteiger partial charge < -0.3 is 14.8 Å². The Bertz CT molecular complexity index is 341. The molecule has 0 saturated heterocycles. The first-order chi connectivity index (χ1) is 8.69. The summed E-state index contributed by atoms with van der Waals surface area (Å²) in [6.45, 7) is 10.0. The van der Waals surface area contributed by atoms with E-state index < -0.39 is 0 Å². The van der Waals surface area contributed by atoms with Gasteiger partial charge in [-0.1, -0.05) is 19.1 Å². The molecule has 3 heteroatoms. The lowest BCUT2D eigenvalue weighted by molar-refractivity contribution is 0.169. The van der Waals surface area contributed by atoms with Crippen LogP contribution in [-0.4, -0.2) is 25.3 Å². The molecule has 1 aromatic rings. The number of hydrogen-bond donors (Lipinski definition) is 1. The Morgan fingerprint density at radius 3 is 2.39 bits per heavy atom. The Balaban J connectivity index is 2.60. The van der Waals surface area contributed by atoms with Crippen molar-refractivity contribution in [3.63, 3.8) is 0 Å². The number of ether oxygens (including phenoxy) is 2. The van der Waals surface area contributed by atoms with Crippen LogP contribution in [0.5, 0.6) is 11.5 Å². The van der Waals surface area contributed by atoms with Crippen LogP contribution >= 0.6 is 0 Å². The van der Waals surface area contributed by atoms with E-state index in [9.17, 15) is 0 Å². The normalized spacial score (nSPS) is 14.0. The molecule has 3 nitrogen and oxygen atoms in total. The van der Waals surface area contributed by atoms with Gasteiger partial charge in [0.15, 0.2) is 11.5 Å². The lowest BCUT2D eigenvalue weighted by Crippen LogP contribution is -2.39. The van der Waals surface area contributed by atoms with Crippen LogP contribution in [0.15, 0.2) is 24.3 Å². The third-order valence-corrected chi connectivity index (χ3v) is 2.88. The second-order valence-electron chi connectivity index (χ2n) is 4.45. The van der Waals surface area contributed by atoms with Crippen molar-refractivity contribution in [1.29, 1.82) is 0 Å². The van der Waals surface area contributed by atoms with Crippen LogP contribution in [0.25, 0.3) is 0 Å². The monoisotopic (exact) mass is 251 g/mol. The third-order valence-electron chi connectivity index (χ3n) is 2.88. The number of benzene rings is 1. The Labute approximate surface area is 110 Å². The van der Waals surface area contributed by atoms with E-state index in [0.717, 1.165) is 24.5 Å². The summed E-state index contributed by atoms with van der Waals surface area (Å²) in [5.41, 5.74) is 0. The van der Waals surface area contributed by atoms with Gasteiger partial charge in [-0.2, -0.15) is 0 Å². The molecule has 0 spiro atoms. The number of rotatable bonds is 8. The van der Waals surface area contributed by atoms with Crippen molar-refractivity contribution in [3.8, 4) is 11.5 Å². The van der Waals surface area contributed by atoms with Crippen molar-refractivity contribution >= 4 is 0 Å². The van der Waals surface area contributed by atoms with Crippen LogP contribution in [0.1, 0.15) is 34.1 Å². The average molecular weight is 251 g/mol. The molecule has 102 valence electrons. The summed E-state index contributed by atoms with van der Waals surface area (Å²) in [4.78, 5) is 0. The van der Waals surface area contributed by atoms with Gasteiger partial charge in [0.1, 0.15) is 6.10 Å². The topological polar surface area (TPSA) is 30.5 Å². The molecule has 0 amide bonds. The highest BCUT2D eigenvalue weighted by Gasteiger charge is 2.14. The lowest BCUT2D eigenvalue weighted by Gasteiger charge is -2.23. The van der Waals surface area contributed by atoms with Crippen molar-refractivity contribution in [2.45, 2.75) is 46.3 Å². The first-order valence-electron chi connectivity index (χ1n) is 6.80. The van der Waals surface area contributed by atoms with Gasteiger partial charge in [0, 0.05) is 6.04 Å². The standard InChI is InChI=1S/C15H25NO2/c1-5-11-16-12(3)13(4)18-15-10-8-7-9-14(15)17-6-2/h7-10,12-13,16H,5-6,11H2,1-4H3. The third kappa shape index (κ3) is 4.57. The number of para-hydroxylation sites is 2. The van der Waals surface area contributed by atoms with Crippen molar-refractivity contribution in [2.24, 2.45) is 0 Å². The molecule has 1 N–H and O–H groups in total. The van der Waals surface area contributed by atoms with Crippen LogP contribution in [0.4, 0.5) is 0 Å². The van der Waals surface area contributed by atoms with Gasteiger partial charge >= 0.3 is 0 Å². The predicted octanol–water partition coefficient (Wildman–Crippen LogP) is 3.24. The second-order valence-corrected chi connectivity index (χ2v) is 4.45. The van der Waals surface area contributed by atoms with E-state index >= 15 is 0 Å². The molecule has 0 aliphatic heterocycles. The highest BCUT2D eigenvalue weighted by Crippen LogP contribution is 2.27. The first-order valence-corrected chi connectivity index (χ1v) is 6.80. The maximum atomic E-state index is 5.97. The average Bonchev–Trinajstić information content (AvgIpc) is 2.38. The highest BCUT2D eigenvalue weighted by molar-refractivity contribution is 5.39. The molecule has 18 heavy (non-hydrogen) atoms. The van der Waals surface area contributed by atoms with Crippen molar-refractivity contribution < 1.29 is 9.47 Å². The van der Waals surface area contributed by atoms with Crippen molar-refractivity contribution in [1.82, 2.24) is 5.32 Å². The molecule has 2 atom stereocenters. The quantitative estimate of drug-likeness (QED) is 0.769. The van der Waals surface area contributed by atoms with E-state index in [0.29, 0.717) is 12.6 Å². The summed E-state index contributed by atoms with van der Waals surface area (Å²) in [5.74, 6) is 1.63. The molecule has 0 bridgehead atoms. The van der Waals surface area contributed by atoms with E-state index in [1.165, 1.54) is 0 Å². The molecule has 0 aliphatic rings. The Morgan fingerprint density at radius 1 is 1.11 bits per heavy atom. The molecule has 2 unspecified atom stereocenters. The zero-order valence-electron chi connectivity index (χ0n) is 11.9. The van der Waals surface area contributed by atoms with E-state index in [2.05, 4.69) is 26.1 Å². The minimum Gasteiger partial charge on any atom is -0.490 e. The van der Waals surface area contributed by atoms with Gasteiger partial charge in [-0.3, -0.25) is 0 Å². The molecule has 0 aromatic heterocycles. The molecule has 0 heterocycles. The zero-order valence-corrected chi connectivity index (χ0v) is 11.9. The lowest BCUT2D eigenvalue weighted by atomic mass is 10.2. The highest BCUT2D eigenvalue weighted by atomic mass is 16.5. The molecule has 0 aliphatic carbocycles. The molecule has 0 fully saturated rings. The van der Waals surface area contributed by atoms with Crippen LogP contribution in [0.3, 0.4) is 0 Å². The Morgan fingerprint density at radius 2 is 1.78 bits per heavy atom. The molecule has 0 saturated carbocycles. The minimum atomic E-state index is 0.109. The molecule has 0 radical (unpaired) electrons. The second kappa shape index (κ2) is 7.98. The van der Waals surface area contributed by atoms with Crippen LogP contribution in [0, 0.1) is 0 Å². The molecule has 1 aromatic carbocycles. The smallest absolute Gasteiger partial charge is 0.161 e. The molecular weight excluding hydrogens is 226 g/mol. The van der Waals surface area contributed by atoms with E-state index in [1.54, 1.807) is 0 Å². The van der Waals surface area contributed by atoms with Gasteiger partial charge in [-0.25, -0.2) is 0 Å². The summed E-state index contributed by atoms with van der Waals surface area (Å²) >= 11 is 0. The summed E-state index contributed by atoms with van der Waals surface area (Å²) in [6, 6.07) is 8.14. The number of nitrogens with one attached hydrogen (secondary N) is 1. The maximum absolute atomic E-state index is 5.97. The maximum Gasteiger partial charge on any atom is 0.161 e. The van der Waals surface area contributed by atoms with E-state index in [1.807, 2.05) is 31.2 Å². The first kappa shape index (κ1) is 14.8. The summed E-state index contributed by atoms with van der Waals surface area (Å²) in [6.07, 6.45) is 1.24. The van der Waals surface area contributed by atoms with Gasteiger partial charge in [0.05, 0.1) is 6.61 Å². The van der Waals surface area contributed by atoms with E-state index in [-0.39, 0.29) is 6.10 Å². The van der Waals surface area contributed by atoms with Crippen molar-refractivity contribution in [2.75, 3.05) is 13.2 Å². The molecular formula is C15H25NO2. The van der Waals surface area contributed by atoms with Gasteiger partial charge in [0.2, 0.25) is 0 Å². The number of hydrogen-bond acceptors (Lipinski definition) is 3. The van der Waals surface area contributed by atoms with Crippen LogP contribution < -0.4 is 14.8 Å². The van der Waals surface area contributed by atoms with Gasteiger partial charge in [0.25, 0.3) is 0 Å². The van der Waals surface area contributed by atoms with Crippen LogP contribution in [0.2, 0.25) is 0 Å². The SMILES string of the molecule is CCCNC(C)C(C)Oc1ccccc1OCC. The fourth-order valence-electron chi connectivity index (χ4n) is 1.66. The Kier molecular flexibility index (Phi) is 6.58. The fourth-order valence-corrected chi connectivity index (χ4v) is 1.66. The molecule has 1 rings (SSSR count). The van der Waals surface area contributed by atoms with E-state index in [4.69, 9.17) is 9.47 Å². The zero-order chi connectivity index (χ0) is 13.4. The van der Waals surface area contributed by atoms with Gasteiger partial charge in [-0.15, -0.1) is 0 Å².